The zero-order valence-electron chi connectivity index (χ0n) is 10.4. The van der Waals surface area contributed by atoms with Crippen molar-refractivity contribution in [1.82, 2.24) is 4.72 Å². The summed E-state index contributed by atoms with van der Waals surface area (Å²) >= 11 is 4.74. The van der Waals surface area contributed by atoms with Crippen molar-refractivity contribution >= 4 is 27.2 Å². The number of nitrogens with one attached hydrogen (secondary N) is 1. The second-order valence-electron chi connectivity index (χ2n) is 5.00. The van der Waals surface area contributed by atoms with Gasteiger partial charge in [0.2, 0.25) is 10.0 Å². The number of sulfonamides is 1. The number of halogens is 1. The molecule has 0 aliphatic heterocycles. The highest BCUT2D eigenvalue weighted by Crippen LogP contribution is 2.33. The van der Waals surface area contributed by atoms with Crippen LogP contribution in [0.4, 0.5) is 4.39 Å². The molecule has 0 amide bonds. The van der Waals surface area contributed by atoms with E-state index in [4.69, 9.17) is 18.0 Å². The van der Waals surface area contributed by atoms with E-state index in [2.05, 4.69) is 4.72 Å². The Morgan fingerprint density at radius 3 is 2.58 bits per heavy atom. The van der Waals surface area contributed by atoms with Crippen LogP contribution in [0.5, 0.6) is 0 Å². The van der Waals surface area contributed by atoms with Gasteiger partial charge in [0.05, 0.1) is 10.5 Å². The molecule has 0 heterocycles. The summed E-state index contributed by atoms with van der Waals surface area (Å²) < 4.78 is 40.9. The number of nitrogens with two attached hydrogens (primary N) is 1. The molecule has 1 aromatic rings. The van der Waals surface area contributed by atoms with Gasteiger partial charge in [0.25, 0.3) is 0 Å². The molecular formula is C12H15FN2O2S2. The van der Waals surface area contributed by atoms with E-state index in [1.54, 1.807) is 0 Å². The Kier molecular flexibility index (Phi) is 3.63. The highest BCUT2D eigenvalue weighted by Gasteiger charge is 2.37. The SMILES string of the molecule is CC1(NS(=O)(=O)c2cccc(F)c2C(N)=S)CCC1. The van der Waals surface area contributed by atoms with Crippen molar-refractivity contribution in [2.75, 3.05) is 0 Å². The van der Waals surface area contributed by atoms with Gasteiger partial charge in [0.15, 0.2) is 0 Å². The molecule has 0 aromatic heterocycles. The van der Waals surface area contributed by atoms with Gasteiger partial charge < -0.3 is 5.73 Å². The molecule has 4 nitrogen and oxygen atoms in total. The maximum Gasteiger partial charge on any atom is 0.241 e. The normalized spacial score (nSPS) is 17.8. The van der Waals surface area contributed by atoms with Crippen molar-refractivity contribution in [2.45, 2.75) is 36.6 Å². The standard InChI is InChI=1S/C12H15FN2O2S2/c1-12(6-3-7-12)15-19(16,17)9-5-2-4-8(13)10(9)11(14)18/h2,4-5,15H,3,6-7H2,1H3,(H2,14,18). The fourth-order valence-corrected chi connectivity index (χ4v) is 4.12. The number of benzene rings is 1. The van der Waals surface area contributed by atoms with E-state index < -0.39 is 21.4 Å². The van der Waals surface area contributed by atoms with E-state index in [9.17, 15) is 12.8 Å². The Labute approximate surface area is 117 Å². The molecular weight excluding hydrogens is 287 g/mol. The maximum absolute atomic E-state index is 13.7. The predicted octanol–water partition coefficient (Wildman–Crippen LogP) is 1.68. The van der Waals surface area contributed by atoms with E-state index in [0.29, 0.717) is 0 Å². The first-order chi connectivity index (χ1) is 8.75. The van der Waals surface area contributed by atoms with E-state index in [-0.39, 0.29) is 15.4 Å². The fraction of sp³-hybridized carbons (Fsp3) is 0.417. The Balaban J connectivity index is 2.46. The Morgan fingerprint density at radius 2 is 2.11 bits per heavy atom. The third-order valence-electron chi connectivity index (χ3n) is 3.35. The number of hydrogen-bond donors (Lipinski definition) is 2. The van der Waals surface area contributed by atoms with Crippen molar-refractivity contribution in [3.05, 3.63) is 29.6 Å². The monoisotopic (exact) mass is 302 g/mol. The first-order valence-corrected chi connectivity index (χ1v) is 7.77. The summed E-state index contributed by atoms with van der Waals surface area (Å²) in [6.45, 7) is 1.83. The van der Waals surface area contributed by atoms with Crippen LogP contribution in [0.15, 0.2) is 23.1 Å². The zero-order chi connectivity index (χ0) is 14.3. The van der Waals surface area contributed by atoms with Crippen LogP contribution in [0.25, 0.3) is 0 Å². The van der Waals surface area contributed by atoms with Crippen LogP contribution in [0.1, 0.15) is 31.7 Å². The number of rotatable bonds is 4. The largest absolute Gasteiger partial charge is 0.389 e. The Bertz CT molecular complexity index is 625. The van der Waals surface area contributed by atoms with Gasteiger partial charge in [-0.1, -0.05) is 18.3 Å². The molecule has 1 aromatic carbocycles. The van der Waals surface area contributed by atoms with Gasteiger partial charge in [-0.3, -0.25) is 0 Å². The summed E-state index contributed by atoms with van der Waals surface area (Å²) in [5, 5.41) is 0. The van der Waals surface area contributed by atoms with E-state index in [0.717, 1.165) is 25.3 Å². The van der Waals surface area contributed by atoms with Crippen LogP contribution in [-0.2, 0) is 10.0 Å². The molecule has 2 rings (SSSR count). The molecule has 1 aliphatic rings. The molecule has 0 bridgehead atoms. The quantitative estimate of drug-likeness (QED) is 0.830. The zero-order valence-corrected chi connectivity index (χ0v) is 12.1. The first kappa shape index (κ1) is 14.4. The van der Waals surface area contributed by atoms with Crippen LogP contribution in [0.2, 0.25) is 0 Å². The summed E-state index contributed by atoms with van der Waals surface area (Å²) in [4.78, 5) is -0.467. The Hall–Kier alpha value is -1.05. The lowest BCUT2D eigenvalue weighted by molar-refractivity contribution is 0.248. The van der Waals surface area contributed by atoms with Gasteiger partial charge in [-0.25, -0.2) is 17.5 Å². The summed E-state index contributed by atoms with van der Waals surface area (Å²) in [6.07, 6.45) is 2.51. The van der Waals surface area contributed by atoms with Crippen LogP contribution in [-0.4, -0.2) is 18.9 Å². The second kappa shape index (κ2) is 4.81. The van der Waals surface area contributed by atoms with Crippen LogP contribution in [0, 0.1) is 5.82 Å². The van der Waals surface area contributed by atoms with Gasteiger partial charge in [0.1, 0.15) is 10.8 Å². The van der Waals surface area contributed by atoms with Crippen LogP contribution >= 0.6 is 12.2 Å². The summed E-state index contributed by atoms with van der Waals surface area (Å²) in [7, 11) is -3.83. The molecule has 0 atom stereocenters. The fourth-order valence-electron chi connectivity index (χ4n) is 2.16. The lowest BCUT2D eigenvalue weighted by Gasteiger charge is -2.38. The smallest absolute Gasteiger partial charge is 0.241 e. The average Bonchev–Trinajstić information content (AvgIpc) is 2.25. The van der Waals surface area contributed by atoms with Crippen LogP contribution in [0.3, 0.4) is 0 Å². The van der Waals surface area contributed by atoms with E-state index in [1.165, 1.54) is 12.1 Å². The number of thiocarbonyl (C=S) groups is 1. The summed E-state index contributed by atoms with van der Waals surface area (Å²) in [5.74, 6) is -0.728. The van der Waals surface area contributed by atoms with Gasteiger partial charge in [-0.05, 0) is 38.3 Å². The molecule has 0 saturated heterocycles. The molecule has 1 aliphatic carbocycles. The van der Waals surface area contributed by atoms with Gasteiger partial charge in [-0.15, -0.1) is 0 Å². The summed E-state index contributed by atoms with van der Waals surface area (Å²) in [6, 6.07) is 3.77. The molecule has 1 saturated carbocycles. The first-order valence-electron chi connectivity index (χ1n) is 5.87. The van der Waals surface area contributed by atoms with Crippen LogP contribution < -0.4 is 10.5 Å². The molecule has 0 spiro atoms. The molecule has 19 heavy (non-hydrogen) atoms. The molecule has 3 N–H and O–H groups in total. The van der Waals surface area contributed by atoms with Crippen molar-refractivity contribution in [3.63, 3.8) is 0 Å². The van der Waals surface area contributed by atoms with E-state index >= 15 is 0 Å². The van der Waals surface area contributed by atoms with Crippen molar-refractivity contribution < 1.29 is 12.8 Å². The molecule has 7 heteroatoms. The minimum absolute atomic E-state index is 0.201. The van der Waals surface area contributed by atoms with Gasteiger partial charge >= 0.3 is 0 Å². The summed E-state index contributed by atoms with van der Waals surface area (Å²) in [5.41, 5.74) is 4.73. The highest BCUT2D eigenvalue weighted by molar-refractivity contribution is 7.89. The van der Waals surface area contributed by atoms with Crippen molar-refractivity contribution in [3.8, 4) is 0 Å². The molecule has 0 unspecified atom stereocenters. The third-order valence-corrected chi connectivity index (χ3v) is 5.23. The van der Waals surface area contributed by atoms with E-state index in [1.807, 2.05) is 6.92 Å². The maximum atomic E-state index is 13.7. The third kappa shape index (κ3) is 2.77. The molecule has 1 fully saturated rings. The van der Waals surface area contributed by atoms with Gasteiger partial charge in [-0.2, -0.15) is 0 Å². The molecule has 104 valence electrons. The number of hydrogen-bond acceptors (Lipinski definition) is 3. The Morgan fingerprint density at radius 1 is 1.47 bits per heavy atom. The lowest BCUT2D eigenvalue weighted by atomic mass is 9.80. The van der Waals surface area contributed by atoms with Crippen molar-refractivity contribution in [1.29, 1.82) is 0 Å². The highest BCUT2D eigenvalue weighted by atomic mass is 32.2. The lowest BCUT2D eigenvalue weighted by Crippen LogP contribution is -2.51. The van der Waals surface area contributed by atoms with Gasteiger partial charge in [0, 0.05) is 5.54 Å². The minimum Gasteiger partial charge on any atom is -0.389 e. The predicted molar refractivity (Wildman–Crippen MR) is 74.9 cm³/mol. The molecule has 0 radical (unpaired) electrons. The second-order valence-corrected chi connectivity index (χ2v) is 7.09. The van der Waals surface area contributed by atoms with Crippen molar-refractivity contribution in [2.24, 2.45) is 5.73 Å². The topological polar surface area (TPSA) is 72.2 Å². The minimum atomic E-state index is -3.83. The average molecular weight is 302 g/mol.